The summed E-state index contributed by atoms with van der Waals surface area (Å²) in [6, 6.07) is 9.29. The Bertz CT molecular complexity index is 381. The van der Waals surface area contributed by atoms with E-state index in [9.17, 15) is 0 Å². The highest BCUT2D eigenvalue weighted by atomic mass is 79.9. The molecule has 1 aromatic rings. The Hall–Kier alpha value is -0.380. The second-order valence-electron chi connectivity index (χ2n) is 5.31. The van der Waals surface area contributed by atoms with Crippen molar-refractivity contribution in [3.63, 3.8) is 0 Å². The maximum absolute atomic E-state index is 3.65. The molecule has 0 radical (unpaired) electrons. The third-order valence-corrected chi connectivity index (χ3v) is 4.41. The standard InChI is InChI=1S/C15H23BrN2/c1-3-12(2)15-11-18(8-7-17-15)10-13-5-4-6-14(16)9-13/h4-6,9,12,15,17H,3,7-8,10-11H2,1-2H3. The number of nitrogens with one attached hydrogen (secondary N) is 1. The Balaban J connectivity index is 1.93. The molecule has 0 aliphatic carbocycles. The lowest BCUT2D eigenvalue weighted by atomic mass is 9.97. The summed E-state index contributed by atoms with van der Waals surface area (Å²) in [7, 11) is 0. The summed E-state index contributed by atoms with van der Waals surface area (Å²) in [5, 5.41) is 3.65. The molecule has 1 N–H and O–H groups in total. The Morgan fingerprint density at radius 3 is 3.06 bits per heavy atom. The maximum Gasteiger partial charge on any atom is 0.0235 e. The van der Waals surface area contributed by atoms with Crippen LogP contribution in [-0.2, 0) is 6.54 Å². The van der Waals surface area contributed by atoms with Gasteiger partial charge >= 0.3 is 0 Å². The Kier molecular flexibility index (Phi) is 5.22. The zero-order valence-electron chi connectivity index (χ0n) is 11.3. The van der Waals surface area contributed by atoms with Crippen LogP contribution >= 0.6 is 15.9 Å². The van der Waals surface area contributed by atoms with Gasteiger partial charge in [0, 0.05) is 36.7 Å². The molecule has 2 rings (SSSR count). The topological polar surface area (TPSA) is 15.3 Å². The number of piperazine rings is 1. The van der Waals surface area contributed by atoms with E-state index in [1.807, 2.05) is 0 Å². The van der Waals surface area contributed by atoms with E-state index in [0.29, 0.717) is 6.04 Å². The third-order valence-electron chi connectivity index (χ3n) is 3.92. The number of nitrogens with zero attached hydrogens (tertiary/aromatic N) is 1. The monoisotopic (exact) mass is 310 g/mol. The van der Waals surface area contributed by atoms with Crippen molar-refractivity contribution in [1.82, 2.24) is 10.2 Å². The van der Waals surface area contributed by atoms with Crippen molar-refractivity contribution >= 4 is 15.9 Å². The summed E-state index contributed by atoms with van der Waals surface area (Å²) >= 11 is 3.54. The predicted molar refractivity (Wildman–Crippen MR) is 80.7 cm³/mol. The van der Waals surface area contributed by atoms with Gasteiger partial charge in [-0.25, -0.2) is 0 Å². The van der Waals surface area contributed by atoms with Gasteiger partial charge in [0.1, 0.15) is 0 Å². The van der Waals surface area contributed by atoms with E-state index in [2.05, 4.69) is 64.3 Å². The molecule has 1 aliphatic heterocycles. The minimum atomic E-state index is 0.649. The number of hydrogen-bond acceptors (Lipinski definition) is 2. The zero-order valence-corrected chi connectivity index (χ0v) is 12.9. The van der Waals surface area contributed by atoms with E-state index < -0.39 is 0 Å². The smallest absolute Gasteiger partial charge is 0.0235 e. The van der Waals surface area contributed by atoms with E-state index in [-0.39, 0.29) is 0 Å². The van der Waals surface area contributed by atoms with E-state index in [0.717, 1.165) is 25.6 Å². The molecule has 0 amide bonds. The lowest BCUT2D eigenvalue weighted by molar-refractivity contribution is 0.162. The van der Waals surface area contributed by atoms with Crippen molar-refractivity contribution in [3.05, 3.63) is 34.3 Å². The van der Waals surface area contributed by atoms with Crippen LogP contribution in [0.4, 0.5) is 0 Å². The molecule has 0 bridgehead atoms. The Labute approximate surface area is 119 Å². The average Bonchev–Trinajstić information content (AvgIpc) is 2.38. The number of benzene rings is 1. The van der Waals surface area contributed by atoms with E-state index in [1.165, 1.54) is 23.0 Å². The molecular formula is C15H23BrN2. The molecule has 1 fully saturated rings. The van der Waals surface area contributed by atoms with E-state index in [4.69, 9.17) is 0 Å². The van der Waals surface area contributed by atoms with Crippen molar-refractivity contribution < 1.29 is 0 Å². The van der Waals surface area contributed by atoms with Gasteiger partial charge in [-0.3, -0.25) is 4.90 Å². The zero-order chi connectivity index (χ0) is 13.0. The molecule has 18 heavy (non-hydrogen) atoms. The van der Waals surface area contributed by atoms with Gasteiger partial charge in [-0.15, -0.1) is 0 Å². The molecular weight excluding hydrogens is 288 g/mol. The first-order chi connectivity index (χ1) is 8.69. The molecule has 2 atom stereocenters. The highest BCUT2D eigenvalue weighted by Crippen LogP contribution is 2.16. The molecule has 2 unspecified atom stereocenters. The molecule has 1 saturated heterocycles. The molecule has 0 spiro atoms. The Morgan fingerprint density at radius 1 is 1.50 bits per heavy atom. The summed E-state index contributed by atoms with van der Waals surface area (Å²) in [5.74, 6) is 0.760. The fourth-order valence-corrected chi connectivity index (χ4v) is 2.99. The van der Waals surface area contributed by atoms with Gasteiger partial charge < -0.3 is 5.32 Å². The van der Waals surface area contributed by atoms with Gasteiger partial charge in [0.2, 0.25) is 0 Å². The van der Waals surface area contributed by atoms with Crippen LogP contribution in [0.2, 0.25) is 0 Å². The van der Waals surface area contributed by atoms with Gasteiger partial charge in [0.25, 0.3) is 0 Å². The highest BCUT2D eigenvalue weighted by molar-refractivity contribution is 9.10. The van der Waals surface area contributed by atoms with E-state index >= 15 is 0 Å². The molecule has 1 heterocycles. The molecule has 3 heteroatoms. The first kappa shape index (κ1) is 14.0. The first-order valence-corrected chi connectivity index (χ1v) is 7.68. The Morgan fingerprint density at radius 2 is 2.33 bits per heavy atom. The van der Waals surface area contributed by atoms with Crippen LogP contribution in [0.1, 0.15) is 25.8 Å². The lowest BCUT2D eigenvalue weighted by Crippen LogP contribution is -2.52. The van der Waals surface area contributed by atoms with Crippen LogP contribution in [0.3, 0.4) is 0 Å². The van der Waals surface area contributed by atoms with Crippen LogP contribution in [0.25, 0.3) is 0 Å². The quantitative estimate of drug-likeness (QED) is 0.918. The molecule has 2 nitrogen and oxygen atoms in total. The summed E-state index contributed by atoms with van der Waals surface area (Å²) in [4.78, 5) is 2.56. The number of hydrogen-bond donors (Lipinski definition) is 1. The fraction of sp³-hybridized carbons (Fsp3) is 0.600. The van der Waals surface area contributed by atoms with Crippen molar-refractivity contribution in [2.24, 2.45) is 5.92 Å². The second-order valence-corrected chi connectivity index (χ2v) is 6.23. The lowest BCUT2D eigenvalue weighted by Gasteiger charge is -2.36. The number of rotatable bonds is 4. The van der Waals surface area contributed by atoms with E-state index in [1.54, 1.807) is 0 Å². The van der Waals surface area contributed by atoms with Crippen molar-refractivity contribution in [2.75, 3.05) is 19.6 Å². The van der Waals surface area contributed by atoms with Crippen LogP contribution in [0.15, 0.2) is 28.7 Å². The predicted octanol–water partition coefficient (Wildman–Crippen LogP) is 3.27. The minimum Gasteiger partial charge on any atom is -0.311 e. The summed E-state index contributed by atoms with van der Waals surface area (Å²) in [6.45, 7) is 9.12. The van der Waals surface area contributed by atoms with Gasteiger partial charge in [-0.2, -0.15) is 0 Å². The molecule has 0 aromatic heterocycles. The summed E-state index contributed by atoms with van der Waals surface area (Å²) in [5.41, 5.74) is 1.40. The average molecular weight is 311 g/mol. The summed E-state index contributed by atoms with van der Waals surface area (Å²) < 4.78 is 1.17. The first-order valence-electron chi connectivity index (χ1n) is 6.89. The maximum atomic E-state index is 3.65. The van der Waals surface area contributed by atoms with Crippen LogP contribution < -0.4 is 5.32 Å². The number of halogens is 1. The molecule has 100 valence electrons. The van der Waals surface area contributed by atoms with Crippen LogP contribution in [0, 0.1) is 5.92 Å². The summed E-state index contributed by atoms with van der Waals surface area (Å²) in [6.07, 6.45) is 1.25. The van der Waals surface area contributed by atoms with Crippen molar-refractivity contribution in [1.29, 1.82) is 0 Å². The van der Waals surface area contributed by atoms with Crippen molar-refractivity contribution in [2.45, 2.75) is 32.9 Å². The normalized spacial score (nSPS) is 22.9. The molecule has 1 aliphatic rings. The van der Waals surface area contributed by atoms with Crippen LogP contribution in [-0.4, -0.2) is 30.6 Å². The highest BCUT2D eigenvalue weighted by Gasteiger charge is 2.22. The van der Waals surface area contributed by atoms with Gasteiger partial charge in [0.15, 0.2) is 0 Å². The third kappa shape index (κ3) is 3.81. The molecule has 0 saturated carbocycles. The van der Waals surface area contributed by atoms with Gasteiger partial charge in [-0.05, 0) is 23.6 Å². The SMILES string of the molecule is CCC(C)C1CN(Cc2cccc(Br)c2)CCN1. The minimum absolute atomic E-state index is 0.649. The largest absolute Gasteiger partial charge is 0.311 e. The second kappa shape index (κ2) is 6.69. The fourth-order valence-electron chi connectivity index (χ4n) is 2.54. The molecule has 1 aromatic carbocycles. The van der Waals surface area contributed by atoms with Gasteiger partial charge in [0.05, 0.1) is 0 Å². The van der Waals surface area contributed by atoms with Gasteiger partial charge in [-0.1, -0.05) is 48.3 Å². The van der Waals surface area contributed by atoms with Crippen molar-refractivity contribution in [3.8, 4) is 0 Å². The van der Waals surface area contributed by atoms with Crippen LogP contribution in [0.5, 0.6) is 0 Å².